The number of hydrogen-bond acceptors (Lipinski definition) is 6. The molecule has 1 saturated carbocycles. The summed E-state index contributed by atoms with van der Waals surface area (Å²) >= 11 is 4.87. The fraction of sp³-hybridized carbons (Fsp3) is 0.381. The third kappa shape index (κ3) is 3.05. The molecule has 0 N–H and O–H groups in total. The number of benzene rings is 1. The van der Waals surface area contributed by atoms with Crippen molar-refractivity contribution in [2.45, 2.75) is 37.5 Å². The smallest absolute Gasteiger partial charge is 0.296 e. The van der Waals surface area contributed by atoms with Crippen LogP contribution in [0.25, 0.3) is 0 Å². The van der Waals surface area contributed by atoms with Crippen molar-refractivity contribution >= 4 is 44.1 Å². The van der Waals surface area contributed by atoms with Gasteiger partial charge in [0.15, 0.2) is 16.7 Å². The van der Waals surface area contributed by atoms with Crippen molar-refractivity contribution in [3.63, 3.8) is 0 Å². The van der Waals surface area contributed by atoms with Crippen LogP contribution in [0.2, 0.25) is 0 Å². The molecule has 6 nitrogen and oxygen atoms in total. The van der Waals surface area contributed by atoms with Crippen LogP contribution in [0.5, 0.6) is 0 Å². The number of methoxy groups -OCH3 is 1. The summed E-state index contributed by atoms with van der Waals surface area (Å²) in [5.74, 6) is -0.346. The van der Waals surface area contributed by atoms with Gasteiger partial charge in [-0.2, -0.15) is 0 Å². The maximum atomic E-state index is 13.6. The summed E-state index contributed by atoms with van der Waals surface area (Å²) in [5, 5.41) is 2.38. The Morgan fingerprint density at radius 1 is 1.31 bits per heavy atom. The summed E-state index contributed by atoms with van der Waals surface area (Å²) in [6.45, 7) is 0. The zero-order valence-corrected chi connectivity index (χ0v) is 18.1. The molecule has 1 amide bonds. The molecule has 4 unspecified atom stereocenters. The minimum absolute atomic E-state index is 0.0168. The van der Waals surface area contributed by atoms with Gasteiger partial charge in [0, 0.05) is 29.6 Å². The number of aromatic nitrogens is 1. The standard InChI is InChI=1S/C21H19BrN2O4S/c1-27-13-5-6-14-15(10-13)28-19-16(18(14)25)17(11-3-2-4-12(22)9-11)24(20(19)26)21-23-7-8-29-21/h2-4,7-9,13-15,17H,5-6,10H2,1H3. The van der Waals surface area contributed by atoms with Crippen LogP contribution in [-0.2, 0) is 19.1 Å². The number of carbonyl (C=O) groups is 2. The number of ketones is 1. The number of rotatable bonds is 3. The lowest BCUT2D eigenvalue weighted by atomic mass is 9.76. The molecule has 0 saturated heterocycles. The molecule has 0 radical (unpaired) electrons. The van der Waals surface area contributed by atoms with Crippen LogP contribution in [0.15, 0.2) is 51.6 Å². The highest BCUT2D eigenvalue weighted by Gasteiger charge is 2.53. The lowest BCUT2D eigenvalue weighted by molar-refractivity contribution is -0.135. The third-order valence-corrected chi connectivity index (χ3v) is 7.19. The lowest BCUT2D eigenvalue weighted by Gasteiger charge is -2.38. The number of hydrogen-bond donors (Lipinski definition) is 0. The van der Waals surface area contributed by atoms with Gasteiger partial charge in [0.25, 0.3) is 5.91 Å². The van der Waals surface area contributed by atoms with E-state index in [1.165, 1.54) is 11.3 Å². The van der Waals surface area contributed by atoms with Gasteiger partial charge < -0.3 is 9.47 Å². The second kappa shape index (κ2) is 7.34. The van der Waals surface area contributed by atoms with E-state index in [2.05, 4.69) is 20.9 Å². The van der Waals surface area contributed by atoms with E-state index in [-0.39, 0.29) is 35.6 Å². The third-order valence-electron chi connectivity index (χ3n) is 5.93. The zero-order chi connectivity index (χ0) is 20.1. The number of Topliss-reactive ketones (excluding diaryl/α,β-unsaturated/α-hetero) is 1. The van der Waals surface area contributed by atoms with Gasteiger partial charge in [-0.25, -0.2) is 4.98 Å². The lowest BCUT2D eigenvalue weighted by Crippen LogP contribution is -2.43. The van der Waals surface area contributed by atoms with Crippen LogP contribution in [0.3, 0.4) is 0 Å². The van der Waals surface area contributed by atoms with Gasteiger partial charge in [-0.05, 0) is 30.5 Å². The molecular weight excluding hydrogens is 456 g/mol. The van der Waals surface area contributed by atoms with Crippen LogP contribution in [0, 0.1) is 5.92 Å². The number of ether oxygens (including phenoxy) is 2. The van der Waals surface area contributed by atoms with Gasteiger partial charge in [0.05, 0.1) is 23.6 Å². The minimum atomic E-state index is -0.533. The number of amides is 1. The summed E-state index contributed by atoms with van der Waals surface area (Å²) in [7, 11) is 1.68. The van der Waals surface area contributed by atoms with Crippen molar-refractivity contribution in [1.82, 2.24) is 4.98 Å². The maximum Gasteiger partial charge on any atom is 0.296 e. The van der Waals surface area contributed by atoms with Gasteiger partial charge in [-0.15, -0.1) is 11.3 Å². The van der Waals surface area contributed by atoms with E-state index in [4.69, 9.17) is 9.47 Å². The molecule has 3 heterocycles. The molecule has 2 aromatic rings. The highest BCUT2D eigenvalue weighted by Crippen LogP contribution is 2.48. The van der Waals surface area contributed by atoms with Gasteiger partial charge in [-0.1, -0.05) is 28.1 Å². The largest absolute Gasteiger partial charge is 0.483 e. The Hall–Kier alpha value is -2.03. The Balaban J connectivity index is 1.62. The Morgan fingerprint density at radius 3 is 2.90 bits per heavy atom. The van der Waals surface area contributed by atoms with E-state index in [1.54, 1.807) is 18.2 Å². The number of nitrogens with zero attached hydrogens (tertiary/aromatic N) is 2. The Morgan fingerprint density at radius 2 is 2.17 bits per heavy atom. The predicted molar refractivity (Wildman–Crippen MR) is 112 cm³/mol. The summed E-state index contributed by atoms with van der Waals surface area (Å²) in [4.78, 5) is 32.9. The average Bonchev–Trinajstić information content (AvgIpc) is 3.34. The first-order valence-corrected chi connectivity index (χ1v) is 11.2. The summed E-state index contributed by atoms with van der Waals surface area (Å²) < 4.78 is 12.6. The van der Waals surface area contributed by atoms with Crippen LogP contribution in [0.1, 0.15) is 30.9 Å². The van der Waals surface area contributed by atoms with E-state index >= 15 is 0 Å². The van der Waals surface area contributed by atoms with Crippen molar-refractivity contribution in [2.24, 2.45) is 5.92 Å². The zero-order valence-electron chi connectivity index (χ0n) is 15.7. The number of anilines is 1. The first kappa shape index (κ1) is 19.0. The highest BCUT2D eigenvalue weighted by molar-refractivity contribution is 9.10. The van der Waals surface area contributed by atoms with Crippen LogP contribution in [-0.4, -0.2) is 36.0 Å². The Labute approximate surface area is 180 Å². The first-order chi connectivity index (χ1) is 14.1. The molecule has 1 aromatic carbocycles. The second-order valence-electron chi connectivity index (χ2n) is 7.49. The second-order valence-corrected chi connectivity index (χ2v) is 9.28. The van der Waals surface area contributed by atoms with Crippen molar-refractivity contribution in [3.05, 3.63) is 57.2 Å². The van der Waals surface area contributed by atoms with Crippen LogP contribution >= 0.6 is 27.3 Å². The molecule has 3 aliphatic rings. The minimum Gasteiger partial charge on any atom is -0.483 e. The van der Waals surface area contributed by atoms with Crippen molar-refractivity contribution < 1.29 is 19.1 Å². The topological polar surface area (TPSA) is 68.7 Å². The molecule has 5 rings (SSSR count). The fourth-order valence-electron chi connectivity index (χ4n) is 4.57. The number of halogens is 1. The Bertz CT molecular complexity index is 1010. The first-order valence-electron chi connectivity index (χ1n) is 9.55. The molecule has 1 aromatic heterocycles. The molecule has 1 fully saturated rings. The molecule has 0 spiro atoms. The average molecular weight is 475 g/mol. The van der Waals surface area contributed by atoms with Gasteiger partial charge in [-0.3, -0.25) is 14.5 Å². The predicted octanol–water partition coefficient (Wildman–Crippen LogP) is 4.03. The van der Waals surface area contributed by atoms with E-state index in [0.717, 1.165) is 16.5 Å². The van der Waals surface area contributed by atoms with E-state index in [1.807, 2.05) is 29.6 Å². The van der Waals surface area contributed by atoms with E-state index < -0.39 is 6.04 Å². The van der Waals surface area contributed by atoms with Gasteiger partial charge in [0.1, 0.15) is 6.10 Å². The molecular formula is C21H19BrN2O4S. The molecule has 2 aliphatic heterocycles. The van der Waals surface area contributed by atoms with Crippen LogP contribution in [0.4, 0.5) is 5.13 Å². The summed E-state index contributed by atoms with van der Waals surface area (Å²) in [6, 6.07) is 7.17. The molecule has 8 heteroatoms. The van der Waals surface area contributed by atoms with E-state index in [0.29, 0.717) is 23.5 Å². The molecule has 0 bridgehead atoms. The number of thiazole rings is 1. The van der Waals surface area contributed by atoms with Crippen LogP contribution < -0.4 is 4.90 Å². The number of carbonyl (C=O) groups excluding carboxylic acids is 2. The summed E-state index contributed by atoms with van der Waals surface area (Å²) in [5.41, 5.74) is 1.31. The molecule has 4 atom stereocenters. The molecule has 1 aliphatic carbocycles. The quantitative estimate of drug-likeness (QED) is 0.671. The highest BCUT2D eigenvalue weighted by atomic mass is 79.9. The SMILES string of the molecule is COC1CCC2C(=O)C3=C(OC2C1)C(=O)N(c1nccs1)C3c1cccc(Br)c1. The van der Waals surface area contributed by atoms with E-state index in [9.17, 15) is 9.59 Å². The van der Waals surface area contributed by atoms with Gasteiger partial charge >= 0.3 is 0 Å². The number of fused-ring (bicyclic) bond motifs is 1. The Kier molecular flexibility index (Phi) is 4.80. The fourth-order valence-corrected chi connectivity index (χ4v) is 5.65. The van der Waals surface area contributed by atoms with Crippen molar-refractivity contribution in [1.29, 1.82) is 0 Å². The van der Waals surface area contributed by atoms with Gasteiger partial charge in [0.2, 0.25) is 0 Å². The maximum absolute atomic E-state index is 13.6. The van der Waals surface area contributed by atoms with Crippen molar-refractivity contribution in [3.8, 4) is 0 Å². The monoisotopic (exact) mass is 474 g/mol. The molecule has 29 heavy (non-hydrogen) atoms. The summed E-state index contributed by atoms with van der Waals surface area (Å²) in [6.07, 6.45) is 3.54. The normalized spacial score (nSPS) is 29.0. The van der Waals surface area contributed by atoms with Crippen molar-refractivity contribution in [2.75, 3.05) is 12.0 Å². The molecule has 150 valence electrons.